The third-order valence-corrected chi connectivity index (χ3v) is 4.94. The first-order valence-corrected chi connectivity index (χ1v) is 7.74. The molecule has 0 atom stereocenters. The highest BCUT2D eigenvalue weighted by molar-refractivity contribution is 7.89. The van der Waals surface area contributed by atoms with E-state index in [-0.39, 0.29) is 15.5 Å². The van der Waals surface area contributed by atoms with Crippen LogP contribution in [0.5, 0.6) is 0 Å². The molecule has 9 heteroatoms. The maximum Gasteiger partial charge on any atom is 0.335 e. The van der Waals surface area contributed by atoms with E-state index in [4.69, 9.17) is 16.7 Å². The molecule has 116 valence electrons. The number of aromatic carboxylic acids is 1. The van der Waals surface area contributed by atoms with Gasteiger partial charge in [-0.25, -0.2) is 26.7 Å². The summed E-state index contributed by atoms with van der Waals surface area (Å²) in [6, 6.07) is 3.09. The average molecular weight is 340 g/mol. The van der Waals surface area contributed by atoms with Crippen LogP contribution >= 0.6 is 11.6 Å². The molecule has 5 nitrogen and oxygen atoms in total. The van der Waals surface area contributed by atoms with Crippen LogP contribution in [0, 0.1) is 0 Å². The molecule has 0 aromatic heterocycles. The second-order valence-electron chi connectivity index (χ2n) is 5.36. The molecule has 2 N–H and O–H groups in total. The fraction of sp³-hybridized carbons (Fsp3) is 0.417. The lowest BCUT2D eigenvalue weighted by Crippen LogP contribution is -2.60. The van der Waals surface area contributed by atoms with Crippen LogP contribution in [-0.4, -0.2) is 31.0 Å². The number of carboxylic acid groups (broad SMARTS) is 1. The first kappa shape index (κ1) is 16.1. The van der Waals surface area contributed by atoms with Gasteiger partial charge in [0.1, 0.15) is 0 Å². The van der Waals surface area contributed by atoms with E-state index < -0.39 is 40.3 Å². The van der Waals surface area contributed by atoms with E-state index >= 15 is 0 Å². The Morgan fingerprint density at radius 1 is 1.33 bits per heavy atom. The van der Waals surface area contributed by atoms with E-state index in [0.717, 1.165) is 18.2 Å². The number of nitrogens with one attached hydrogen (secondary N) is 1. The van der Waals surface area contributed by atoms with E-state index in [0.29, 0.717) is 0 Å². The highest BCUT2D eigenvalue weighted by atomic mass is 35.5. The second kappa shape index (κ2) is 4.89. The molecule has 0 radical (unpaired) electrons. The number of benzene rings is 1. The monoisotopic (exact) mass is 339 g/mol. The van der Waals surface area contributed by atoms with Crippen molar-refractivity contribution < 1.29 is 27.1 Å². The summed E-state index contributed by atoms with van der Waals surface area (Å²) in [7, 11) is -4.14. The predicted octanol–water partition coefficient (Wildman–Crippen LogP) is 2.50. The quantitative estimate of drug-likeness (QED) is 0.882. The lowest BCUT2D eigenvalue weighted by atomic mass is 9.76. The third-order valence-electron chi connectivity index (χ3n) is 3.11. The number of hydrogen-bond acceptors (Lipinski definition) is 3. The summed E-state index contributed by atoms with van der Waals surface area (Å²) in [6.07, 6.45) is -1.21. The van der Waals surface area contributed by atoms with Crippen LogP contribution in [0.15, 0.2) is 23.1 Å². The number of rotatable bonds is 4. The summed E-state index contributed by atoms with van der Waals surface area (Å²) in [5, 5.41) is 8.81. The molecule has 1 aromatic carbocycles. The molecule has 0 unspecified atom stereocenters. The van der Waals surface area contributed by atoms with Crippen LogP contribution in [-0.2, 0) is 10.0 Å². The van der Waals surface area contributed by atoms with Gasteiger partial charge in [-0.05, 0) is 25.1 Å². The van der Waals surface area contributed by atoms with Gasteiger partial charge in [0.25, 0.3) is 5.92 Å². The van der Waals surface area contributed by atoms with Crippen molar-refractivity contribution >= 4 is 27.6 Å². The van der Waals surface area contributed by atoms with Crippen molar-refractivity contribution in [2.24, 2.45) is 0 Å². The second-order valence-corrected chi connectivity index (χ2v) is 7.48. The average Bonchev–Trinajstić information content (AvgIpc) is 2.23. The van der Waals surface area contributed by atoms with E-state index in [1.807, 2.05) is 0 Å². The molecule has 0 bridgehead atoms. The molecular weight excluding hydrogens is 328 g/mol. The Kier molecular flexibility index (Phi) is 3.76. The highest BCUT2D eigenvalue weighted by Crippen LogP contribution is 2.45. The molecule has 0 aliphatic heterocycles. The van der Waals surface area contributed by atoms with Crippen molar-refractivity contribution in [2.75, 3.05) is 0 Å². The van der Waals surface area contributed by atoms with Gasteiger partial charge >= 0.3 is 5.97 Å². The lowest BCUT2D eigenvalue weighted by molar-refractivity contribution is -0.121. The fourth-order valence-electron chi connectivity index (χ4n) is 2.39. The summed E-state index contributed by atoms with van der Waals surface area (Å²) in [6.45, 7) is 1.37. The largest absolute Gasteiger partial charge is 0.478 e. The van der Waals surface area contributed by atoms with Gasteiger partial charge in [0.05, 0.1) is 10.5 Å². The standard InChI is InChI=1S/C12H12ClF2NO4S/c1-11(5-12(14,15)6-11)16-21(19,20)9-3-7(10(17)18)2-8(13)4-9/h2-4,16H,5-6H2,1H3,(H,17,18). The number of halogens is 3. The molecule has 0 spiro atoms. The third kappa shape index (κ3) is 3.50. The Balaban J connectivity index is 2.31. The Morgan fingerprint density at radius 3 is 2.38 bits per heavy atom. The Labute approximate surface area is 125 Å². The van der Waals surface area contributed by atoms with Gasteiger partial charge in [0.2, 0.25) is 10.0 Å². The number of carbonyl (C=O) groups is 1. The van der Waals surface area contributed by atoms with Crippen molar-refractivity contribution in [1.29, 1.82) is 0 Å². The van der Waals surface area contributed by atoms with Gasteiger partial charge in [-0.15, -0.1) is 0 Å². The van der Waals surface area contributed by atoms with Crippen molar-refractivity contribution in [3.63, 3.8) is 0 Å². The van der Waals surface area contributed by atoms with E-state index in [9.17, 15) is 22.0 Å². The summed E-state index contributed by atoms with van der Waals surface area (Å²) in [4.78, 5) is 10.5. The number of hydrogen-bond donors (Lipinski definition) is 2. The van der Waals surface area contributed by atoms with Crippen molar-refractivity contribution in [1.82, 2.24) is 4.72 Å². The first-order chi connectivity index (χ1) is 9.42. The summed E-state index contributed by atoms with van der Waals surface area (Å²) in [5.41, 5.74) is -1.56. The lowest BCUT2D eigenvalue weighted by Gasteiger charge is -2.44. The molecule has 1 fully saturated rings. The van der Waals surface area contributed by atoms with Crippen LogP contribution < -0.4 is 4.72 Å². The zero-order chi connectivity index (χ0) is 16.1. The normalized spacial score (nSPS) is 19.8. The molecule has 21 heavy (non-hydrogen) atoms. The number of sulfonamides is 1. The molecule has 1 aliphatic rings. The molecule has 1 saturated carbocycles. The van der Waals surface area contributed by atoms with Crippen LogP contribution in [0.25, 0.3) is 0 Å². The Hall–Kier alpha value is -1.25. The summed E-state index contributed by atoms with van der Waals surface area (Å²) in [5.74, 6) is -4.23. The number of alkyl halides is 2. The molecule has 0 amide bonds. The van der Waals surface area contributed by atoms with Gasteiger partial charge in [0.15, 0.2) is 0 Å². The molecule has 0 heterocycles. The Bertz CT molecular complexity index is 697. The van der Waals surface area contributed by atoms with Crippen molar-refractivity contribution in [3.8, 4) is 0 Å². The zero-order valence-corrected chi connectivity index (χ0v) is 12.4. The topological polar surface area (TPSA) is 83.5 Å². The van der Waals surface area contributed by atoms with E-state index in [1.165, 1.54) is 6.92 Å². The first-order valence-electron chi connectivity index (χ1n) is 5.88. The number of carboxylic acids is 1. The van der Waals surface area contributed by atoms with Crippen LogP contribution in [0.1, 0.15) is 30.1 Å². The molecule has 0 saturated heterocycles. The highest BCUT2D eigenvalue weighted by Gasteiger charge is 2.55. The molecular formula is C12H12ClF2NO4S. The zero-order valence-electron chi connectivity index (χ0n) is 10.9. The summed E-state index contributed by atoms with van der Waals surface area (Å²) < 4.78 is 52.3. The minimum atomic E-state index is -4.14. The van der Waals surface area contributed by atoms with Gasteiger partial charge < -0.3 is 5.11 Å². The van der Waals surface area contributed by atoms with E-state index in [2.05, 4.69) is 4.72 Å². The van der Waals surface area contributed by atoms with Gasteiger partial charge in [-0.3, -0.25) is 0 Å². The smallest absolute Gasteiger partial charge is 0.335 e. The van der Waals surface area contributed by atoms with Crippen molar-refractivity contribution in [2.45, 2.75) is 36.1 Å². The maximum absolute atomic E-state index is 12.9. The van der Waals surface area contributed by atoms with Crippen LogP contribution in [0.3, 0.4) is 0 Å². The molecule has 1 aromatic rings. The van der Waals surface area contributed by atoms with Gasteiger partial charge in [-0.2, -0.15) is 0 Å². The van der Waals surface area contributed by atoms with Crippen LogP contribution in [0.2, 0.25) is 5.02 Å². The predicted molar refractivity (Wildman–Crippen MR) is 71.3 cm³/mol. The maximum atomic E-state index is 12.9. The van der Waals surface area contributed by atoms with Gasteiger partial charge in [0, 0.05) is 23.4 Å². The van der Waals surface area contributed by atoms with E-state index in [1.54, 1.807) is 0 Å². The summed E-state index contributed by atoms with van der Waals surface area (Å²) >= 11 is 5.69. The van der Waals surface area contributed by atoms with Gasteiger partial charge in [-0.1, -0.05) is 11.6 Å². The van der Waals surface area contributed by atoms with Crippen LogP contribution in [0.4, 0.5) is 8.78 Å². The molecule has 1 aliphatic carbocycles. The van der Waals surface area contributed by atoms with Crippen molar-refractivity contribution in [3.05, 3.63) is 28.8 Å². The minimum absolute atomic E-state index is 0.0700. The fourth-order valence-corrected chi connectivity index (χ4v) is 4.16. The SMILES string of the molecule is CC1(NS(=O)(=O)c2cc(Cl)cc(C(=O)O)c2)CC(F)(F)C1. The molecule has 2 rings (SSSR count). The minimum Gasteiger partial charge on any atom is -0.478 e. The Morgan fingerprint density at radius 2 is 1.90 bits per heavy atom.